The second kappa shape index (κ2) is 7.62. The Balaban J connectivity index is 2.22. The first-order valence-electron chi connectivity index (χ1n) is 6.89. The lowest BCUT2D eigenvalue weighted by Gasteiger charge is -2.22. The molecule has 2 aromatic rings. The van der Waals surface area contributed by atoms with Crippen LogP contribution in [0.25, 0.3) is 0 Å². The van der Waals surface area contributed by atoms with Crippen molar-refractivity contribution in [3.05, 3.63) is 69.2 Å². The molecule has 4 heteroatoms. The summed E-state index contributed by atoms with van der Waals surface area (Å²) in [5, 5.41) is 0.559. The Morgan fingerprint density at radius 3 is 2.52 bits per heavy atom. The van der Waals surface area contributed by atoms with Crippen molar-refractivity contribution >= 4 is 33.4 Å². The molecule has 2 rings (SSSR count). The molecule has 110 valence electrons. The molecular weight excluding hydrogens is 350 g/mol. The Hall–Kier alpha value is -1.32. The van der Waals surface area contributed by atoms with Crippen LogP contribution in [0, 0.1) is 0 Å². The van der Waals surface area contributed by atoms with Gasteiger partial charge >= 0.3 is 0 Å². The second-order valence-corrected chi connectivity index (χ2v) is 6.22. The minimum Gasteiger partial charge on any atom is -0.334 e. The fraction of sp³-hybridized carbons (Fsp3) is 0.235. The molecule has 0 bridgehead atoms. The molecule has 0 saturated heterocycles. The van der Waals surface area contributed by atoms with Gasteiger partial charge in [0, 0.05) is 28.1 Å². The average molecular weight is 367 g/mol. The minimum absolute atomic E-state index is 0.00361. The molecule has 0 fully saturated rings. The third-order valence-electron chi connectivity index (χ3n) is 3.11. The predicted molar refractivity (Wildman–Crippen MR) is 90.6 cm³/mol. The number of nitrogens with zero attached hydrogens (tertiary/aromatic N) is 1. The van der Waals surface area contributed by atoms with Crippen LogP contribution in [0.1, 0.15) is 29.3 Å². The number of carbonyl (C=O) groups is 1. The van der Waals surface area contributed by atoms with E-state index in [-0.39, 0.29) is 5.91 Å². The smallest absolute Gasteiger partial charge is 0.254 e. The summed E-state index contributed by atoms with van der Waals surface area (Å²) in [4.78, 5) is 14.5. The Bertz CT molecular complexity index is 595. The molecule has 0 atom stereocenters. The van der Waals surface area contributed by atoms with Crippen LogP contribution in [0.5, 0.6) is 0 Å². The monoisotopic (exact) mass is 365 g/mol. The molecule has 1 amide bonds. The molecule has 2 nitrogen and oxygen atoms in total. The van der Waals surface area contributed by atoms with Gasteiger partial charge in [-0.3, -0.25) is 4.79 Å². The third kappa shape index (κ3) is 4.58. The molecule has 0 N–H and O–H groups in total. The summed E-state index contributed by atoms with van der Waals surface area (Å²) in [6.07, 6.45) is 0.917. The third-order valence-corrected chi connectivity index (χ3v) is 3.78. The summed E-state index contributed by atoms with van der Waals surface area (Å²) in [6.45, 7) is 3.40. The summed E-state index contributed by atoms with van der Waals surface area (Å²) in [5.74, 6) is 0.00361. The fourth-order valence-electron chi connectivity index (χ4n) is 2.19. The van der Waals surface area contributed by atoms with E-state index in [9.17, 15) is 4.79 Å². The fourth-order valence-corrected chi connectivity index (χ4v) is 3.05. The van der Waals surface area contributed by atoms with E-state index in [1.165, 1.54) is 0 Å². The lowest BCUT2D eigenvalue weighted by molar-refractivity contribution is 0.0743. The number of halogens is 2. The summed E-state index contributed by atoms with van der Waals surface area (Å²) < 4.78 is 0.814. The number of hydrogen-bond donors (Lipinski definition) is 0. The predicted octanol–water partition coefficient (Wildman–Crippen LogP) is 5.15. The van der Waals surface area contributed by atoms with E-state index < -0.39 is 0 Å². The van der Waals surface area contributed by atoms with Crippen molar-refractivity contribution in [1.82, 2.24) is 4.90 Å². The number of amides is 1. The summed E-state index contributed by atoms with van der Waals surface area (Å²) in [6, 6.07) is 15.3. The van der Waals surface area contributed by atoms with Crippen LogP contribution >= 0.6 is 27.5 Å². The Kier molecular flexibility index (Phi) is 5.83. The van der Waals surface area contributed by atoms with Crippen LogP contribution in [-0.4, -0.2) is 17.4 Å². The van der Waals surface area contributed by atoms with Crippen molar-refractivity contribution in [2.75, 3.05) is 6.54 Å². The van der Waals surface area contributed by atoms with Gasteiger partial charge < -0.3 is 4.90 Å². The SMILES string of the molecule is CCCN(Cc1ccccc1)C(=O)c1cc(Cl)cc(Br)c1. The second-order valence-electron chi connectivity index (χ2n) is 4.87. The first-order chi connectivity index (χ1) is 10.1. The molecule has 2 aromatic carbocycles. The van der Waals surface area contributed by atoms with E-state index in [4.69, 9.17) is 11.6 Å². The van der Waals surface area contributed by atoms with Gasteiger partial charge in [-0.05, 0) is 30.2 Å². The topological polar surface area (TPSA) is 20.3 Å². The Morgan fingerprint density at radius 2 is 1.90 bits per heavy atom. The molecule has 21 heavy (non-hydrogen) atoms. The molecule has 0 aromatic heterocycles. The van der Waals surface area contributed by atoms with E-state index in [0.717, 1.165) is 23.0 Å². The van der Waals surface area contributed by atoms with Gasteiger partial charge in [-0.15, -0.1) is 0 Å². The lowest BCUT2D eigenvalue weighted by atomic mass is 10.1. The summed E-state index contributed by atoms with van der Waals surface area (Å²) >= 11 is 9.42. The molecule has 0 heterocycles. The van der Waals surface area contributed by atoms with Crippen LogP contribution in [0.15, 0.2) is 53.0 Å². The number of hydrogen-bond acceptors (Lipinski definition) is 1. The zero-order chi connectivity index (χ0) is 15.2. The Labute approximate surface area is 138 Å². The van der Waals surface area contributed by atoms with Gasteiger partial charge in [-0.2, -0.15) is 0 Å². The first-order valence-corrected chi connectivity index (χ1v) is 8.06. The Morgan fingerprint density at radius 1 is 1.19 bits per heavy atom. The van der Waals surface area contributed by atoms with Crippen molar-refractivity contribution in [3.8, 4) is 0 Å². The van der Waals surface area contributed by atoms with Gasteiger partial charge in [-0.25, -0.2) is 0 Å². The van der Waals surface area contributed by atoms with Gasteiger partial charge in [-0.1, -0.05) is 64.8 Å². The molecule has 0 saturated carbocycles. The van der Waals surface area contributed by atoms with Crippen molar-refractivity contribution in [1.29, 1.82) is 0 Å². The lowest BCUT2D eigenvalue weighted by Crippen LogP contribution is -2.31. The number of carbonyl (C=O) groups excluding carboxylic acids is 1. The van der Waals surface area contributed by atoms with Crippen LogP contribution < -0.4 is 0 Å². The van der Waals surface area contributed by atoms with E-state index in [1.807, 2.05) is 41.3 Å². The zero-order valence-corrected chi connectivity index (χ0v) is 14.2. The van der Waals surface area contributed by atoms with Gasteiger partial charge in [0.05, 0.1) is 0 Å². The van der Waals surface area contributed by atoms with Gasteiger partial charge in [0.25, 0.3) is 5.91 Å². The molecule has 0 aliphatic rings. The van der Waals surface area contributed by atoms with Gasteiger partial charge in [0.1, 0.15) is 0 Å². The largest absolute Gasteiger partial charge is 0.334 e. The minimum atomic E-state index is 0.00361. The van der Waals surface area contributed by atoms with Crippen LogP contribution in [0.3, 0.4) is 0 Å². The van der Waals surface area contributed by atoms with Crippen LogP contribution in [-0.2, 0) is 6.54 Å². The van der Waals surface area contributed by atoms with Crippen LogP contribution in [0.2, 0.25) is 5.02 Å². The first kappa shape index (κ1) is 16.1. The highest BCUT2D eigenvalue weighted by Gasteiger charge is 2.16. The van der Waals surface area contributed by atoms with E-state index >= 15 is 0 Å². The number of benzene rings is 2. The van der Waals surface area contributed by atoms with Crippen molar-refractivity contribution < 1.29 is 4.79 Å². The van der Waals surface area contributed by atoms with Gasteiger partial charge in [0.15, 0.2) is 0 Å². The standard InChI is InChI=1S/C17H17BrClNO/c1-2-8-20(12-13-6-4-3-5-7-13)17(21)14-9-15(18)11-16(19)10-14/h3-7,9-11H,2,8,12H2,1H3. The molecule has 0 aliphatic carbocycles. The highest BCUT2D eigenvalue weighted by Crippen LogP contribution is 2.21. The average Bonchev–Trinajstić information content (AvgIpc) is 2.46. The maximum atomic E-state index is 12.7. The highest BCUT2D eigenvalue weighted by atomic mass is 79.9. The molecule has 0 spiro atoms. The van der Waals surface area contributed by atoms with Crippen molar-refractivity contribution in [2.45, 2.75) is 19.9 Å². The van der Waals surface area contributed by atoms with E-state index in [2.05, 4.69) is 22.9 Å². The van der Waals surface area contributed by atoms with E-state index in [1.54, 1.807) is 12.1 Å². The number of rotatable bonds is 5. The van der Waals surface area contributed by atoms with Crippen molar-refractivity contribution in [3.63, 3.8) is 0 Å². The zero-order valence-electron chi connectivity index (χ0n) is 11.9. The highest BCUT2D eigenvalue weighted by molar-refractivity contribution is 9.10. The molecule has 0 unspecified atom stereocenters. The quantitative estimate of drug-likeness (QED) is 0.716. The van der Waals surface area contributed by atoms with Crippen molar-refractivity contribution in [2.24, 2.45) is 0 Å². The summed E-state index contributed by atoms with van der Waals surface area (Å²) in [5.41, 5.74) is 1.74. The normalized spacial score (nSPS) is 10.4. The molecule has 0 aliphatic heterocycles. The van der Waals surface area contributed by atoms with E-state index in [0.29, 0.717) is 17.1 Å². The molecular formula is C17H17BrClNO. The van der Waals surface area contributed by atoms with Crippen LogP contribution in [0.4, 0.5) is 0 Å². The maximum Gasteiger partial charge on any atom is 0.254 e. The molecule has 0 radical (unpaired) electrons. The maximum absolute atomic E-state index is 12.7. The van der Waals surface area contributed by atoms with Gasteiger partial charge in [0.2, 0.25) is 0 Å². The summed E-state index contributed by atoms with van der Waals surface area (Å²) in [7, 11) is 0.